The Kier molecular flexibility index (Phi) is 3.83. The quantitative estimate of drug-likeness (QED) is 0.845. The molecule has 1 unspecified atom stereocenters. The first-order valence-corrected chi connectivity index (χ1v) is 6.24. The van der Waals surface area contributed by atoms with Gasteiger partial charge >= 0.3 is 0 Å². The molecule has 1 fully saturated rings. The van der Waals surface area contributed by atoms with Gasteiger partial charge in [0.15, 0.2) is 0 Å². The number of phenolic OH excluding ortho intramolecular Hbond substituents is 1. The predicted octanol–water partition coefficient (Wildman–Crippen LogP) is 2.67. The van der Waals surface area contributed by atoms with E-state index in [2.05, 4.69) is 11.8 Å². The summed E-state index contributed by atoms with van der Waals surface area (Å²) in [5.74, 6) is 1.21. The van der Waals surface area contributed by atoms with Gasteiger partial charge in [-0.15, -0.1) is 0 Å². The summed E-state index contributed by atoms with van der Waals surface area (Å²) in [6.07, 6.45) is 3.82. The van der Waals surface area contributed by atoms with Crippen molar-refractivity contribution >= 4 is 0 Å². The first-order valence-electron chi connectivity index (χ1n) is 6.24. The molecule has 1 saturated heterocycles. The van der Waals surface area contributed by atoms with Crippen LogP contribution in [0.3, 0.4) is 0 Å². The van der Waals surface area contributed by atoms with Crippen LogP contribution in [0, 0.1) is 5.92 Å². The molecule has 0 radical (unpaired) electrons. The van der Waals surface area contributed by atoms with Crippen LogP contribution in [0.2, 0.25) is 0 Å². The highest BCUT2D eigenvalue weighted by atomic mass is 16.3. The van der Waals surface area contributed by atoms with Gasteiger partial charge in [-0.1, -0.05) is 19.1 Å². The molecule has 1 aromatic rings. The van der Waals surface area contributed by atoms with Crippen molar-refractivity contribution in [3.63, 3.8) is 0 Å². The van der Waals surface area contributed by atoms with E-state index in [-0.39, 0.29) is 0 Å². The van der Waals surface area contributed by atoms with Gasteiger partial charge in [0.05, 0.1) is 0 Å². The third-order valence-electron chi connectivity index (χ3n) is 3.39. The molecule has 1 atom stereocenters. The molecule has 0 aliphatic carbocycles. The second-order valence-electron chi connectivity index (χ2n) is 4.96. The first kappa shape index (κ1) is 11.5. The number of aromatic hydroxyl groups is 1. The van der Waals surface area contributed by atoms with Crippen LogP contribution >= 0.6 is 0 Å². The number of benzene rings is 1. The van der Waals surface area contributed by atoms with Gasteiger partial charge in [0.1, 0.15) is 5.75 Å². The van der Waals surface area contributed by atoms with Gasteiger partial charge in [0, 0.05) is 13.1 Å². The van der Waals surface area contributed by atoms with Crippen molar-refractivity contribution in [2.24, 2.45) is 5.92 Å². The van der Waals surface area contributed by atoms with E-state index in [1.165, 1.54) is 31.5 Å². The van der Waals surface area contributed by atoms with Crippen molar-refractivity contribution in [1.29, 1.82) is 0 Å². The third-order valence-corrected chi connectivity index (χ3v) is 3.39. The van der Waals surface area contributed by atoms with E-state index >= 15 is 0 Å². The highest BCUT2D eigenvalue weighted by Gasteiger charge is 2.15. The number of nitrogens with zero attached hydrogens (tertiary/aromatic N) is 1. The lowest BCUT2D eigenvalue weighted by Gasteiger charge is -2.30. The molecule has 0 saturated carbocycles. The smallest absolute Gasteiger partial charge is 0.115 e. The topological polar surface area (TPSA) is 23.5 Å². The minimum absolute atomic E-state index is 0.357. The first-order chi connectivity index (χ1) is 7.74. The maximum atomic E-state index is 9.20. The number of likely N-dealkylation sites (tertiary alicyclic amines) is 1. The molecule has 1 aliphatic heterocycles. The van der Waals surface area contributed by atoms with Gasteiger partial charge in [-0.05, 0) is 49.4 Å². The number of hydrogen-bond acceptors (Lipinski definition) is 2. The molecule has 0 aromatic heterocycles. The van der Waals surface area contributed by atoms with E-state index < -0.39 is 0 Å². The lowest BCUT2D eigenvalue weighted by atomic mass is 10.00. The highest BCUT2D eigenvalue weighted by Crippen LogP contribution is 2.16. The Morgan fingerprint density at radius 1 is 1.31 bits per heavy atom. The van der Waals surface area contributed by atoms with Crippen LogP contribution < -0.4 is 0 Å². The fraction of sp³-hybridized carbons (Fsp3) is 0.571. The van der Waals surface area contributed by atoms with Crippen molar-refractivity contribution in [2.45, 2.75) is 26.2 Å². The SMILES string of the molecule is CC1CCCN(CCc2ccc(O)cc2)C1. The third kappa shape index (κ3) is 3.24. The van der Waals surface area contributed by atoms with E-state index in [9.17, 15) is 5.11 Å². The maximum absolute atomic E-state index is 9.20. The molecule has 2 heteroatoms. The van der Waals surface area contributed by atoms with Crippen LogP contribution in [0.25, 0.3) is 0 Å². The Hall–Kier alpha value is -1.02. The van der Waals surface area contributed by atoms with Crippen LogP contribution in [-0.4, -0.2) is 29.6 Å². The summed E-state index contributed by atoms with van der Waals surface area (Å²) < 4.78 is 0. The molecular formula is C14H21NO. The number of rotatable bonds is 3. The molecule has 1 aliphatic rings. The Balaban J connectivity index is 1.80. The predicted molar refractivity (Wildman–Crippen MR) is 66.6 cm³/mol. The molecule has 1 heterocycles. The van der Waals surface area contributed by atoms with Crippen molar-refractivity contribution in [1.82, 2.24) is 4.90 Å². The molecule has 1 aromatic carbocycles. The normalized spacial score (nSPS) is 22.2. The molecule has 2 rings (SSSR count). The summed E-state index contributed by atoms with van der Waals surface area (Å²) in [4.78, 5) is 2.56. The van der Waals surface area contributed by atoms with Crippen LogP contribution in [0.1, 0.15) is 25.3 Å². The van der Waals surface area contributed by atoms with Gasteiger partial charge in [0.2, 0.25) is 0 Å². The van der Waals surface area contributed by atoms with Crippen LogP contribution in [-0.2, 0) is 6.42 Å². The zero-order chi connectivity index (χ0) is 11.4. The summed E-state index contributed by atoms with van der Waals surface area (Å²) >= 11 is 0. The fourth-order valence-corrected chi connectivity index (χ4v) is 2.44. The van der Waals surface area contributed by atoms with E-state index in [1.807, 2.05) is 12.1 Å². The molecule has 0 bridgehead atoms. The van der Waals surface area contributed by atoms with Crippen molar-refractivity contribution in [2.75, 3.05) is 19.6 Å². The van der Waals surface area contributed by atoms with Crippen molar-refractivity contribution in [3.05, 3.63) is 29.8 Å². The van der Waals surface area contributed by atoms with Gasteiger partial charge in [-0.3, -0.25) is 0 Å². The Morgan fingerprint density at radius 2 is 2.06 bits per heavy atom. The largest absolute Gasteiger partial charge is 0.508 e. The average molecular weight is 219 g/mol. The summed E-state index contributed by atoms with van der Waals surface area (Å²) in [5, 5.41) is 9.20. The second-order valence-corrected chi connectivity index (χ2v) is 4.96. The van der Waals surface area contributed by atoms with Gasteiger partial charge in [-0.2, -0.15) is 0 Å². The number of hydrogen-bond donors (Lipinski definition) is 1. The Bertz CT molecular complexity index is 320. The van der Waals surface area contributed by atoms with Crippen LogP contribution in [0.5, 0.6) is 5.75 Å². The molecule has 88 valence electrons. The molecule has 0 amide bonds. The molecule has 2 nitrogen and oxygen atoms in total. The summed E-state index contributed by atoms with van der Waals surface area (Å²) in [5.41, 5.74) is 1.32. The standard InChI is InChI=1S/C14H21NO/c1-12-3-2-9-15(11-12)10-8-13-4-6-14(16)7-5-13/h4-7,12,16H,2-3,8-11H2,1H3. The van der Waals surface area contributed by atoms with E-state index in [0.29, 0.717) is 5.75 Å². The number of piperidine rings is 1. The van der Waals surface area contributed by atoms with Crippen molar-refractivity contribution in [3.8, 4) is 5.75 Å². The van der Waals surface area contributed by atoms with Gasteiger partial charge < -0.3 is 10.0 Å². The van der Waals surface area contributed by atoms with Gasteiger partial charge in [-0.25, -0.2) is 0 Å². The van der Waals surface area contributed by atoms with Crippen LogP contribution in [0.4, 0.5) is 0 Å². The molecule has 16 heavy (non-hydrogen) atoms. The molecular weight excluding hydrogens is 198 g/mol. The average Bonchev–Trinajstić information content (AvgIpc) is 2.28. The lowest BCUT2D eigenvalue weighted by Crippen LogP contribution is -2.35. The minimum Gasteiger partial charge on any atom is -0.508 e. The Labute approximate surface area is 97.9 Å². The lowest BCUT2D eigenvalue weighted by molar-refractivity contribution is 0.186. The zero-order valence-corrected chi connectivity index (χ0v) is 10.0. The summed E-state index contributed by atoms with van der Waals surface area (Å²) in [7, 11) is 0. The highest BCUT2D eigenvalue weighted by molar-refractivity contribution is 5.25. The van der Waals surface area contributed by atoms with E-state index in [1.54, 1.807) is 12.1 Å². The van der Waals surface area contributed by atoms with E-state index in [0.717, 1.165) is 18.9 Å². The monoisotopic (exact) mass is 219 g/mol. The second kappa shape index (κ2) is 5.35. The molecule has 0 spiro atoms. The van der Waals surface area contributed by atoms with E-state index in [4.69, 9.17) is 0 Å². The minimum atomic E-state index is 0.357. The maximum Gasteiger partial charge on any atom is 0.115 e. The zero-order valence-electron chi connectivity index (χ0n) is 10.0. The van der Waals surface area contributed by atoms with Crippen molar-refractivity contribution < 1.29 is 5.11 Å². The summed E-state index contributed by atoms with van der Waals surface area (Å²) in [6.45, 7) is 5.99. The Morgan fingerprint density at radius 3 is 2.75 bits per heavy atom. The number of phenols is 1. The fourth-order valence-electron chi connectivity index (χ4n) is 2.44. The van der Waals surface area contributed by atoms with Gasteiger partial charge in [0.25, 0.3) is 0 Å². The van der Waals surface area contributed by atoms with Crippen LogP contribution in [0.15, 0.2) is 24.3 Å². The summed E-state index contributed by atoms with van der Waals surface area (Å²) in [6, 6.07) is 7.58. The molecule has 1 N–H and O–H groups in total.